The molecule has 0 bridgehead atoms. The summed E-state index contributed by atoms with van der Waals surface area (Å²) in [5.74, 6) is -0.880. The fourth-order valence-electron chi connectivity index (χ4n) is 4.30. The van der Waals surface area contributed by atoms with Gasteiger partial charge >= 0.3 is 0 Å². The van der Waals surface area contributed by atoms with Crippen molar-refractivity contribution in [3.63, 3.8) is 0 Å². The summed E-state index contributed by atoms with van der Waals surface area (Å²) in [6.07, 6.45) is 2.00. The van der Waals surface area contributed by atoms with Crippen molar-refractivity contribution in [2.24, 2.45) is 0 Å². The van der Waals surface area contributed by atoms with E-state index in [1.54, 1.807) is 43.3 Å². The third-order valence-electron chi connectivity index (χ3n) is 6.54. The molecule has 0 unspecified atom stereocenters. The number of hydrogen-bond donors (Lipinski definition) is 1. The van der Waals surface area contributed by atoms with Gasteiger partial charge in [0.15, 0.2) is 0 Å². The highest BCUT2D eigenvalue weighted by molar-refractivity contribution is 7.92. The predicted octanol–water partition coefficient (Wildman–Crippen LogP) is 6.87. The van der Waals surface area contributed by atoms with Crippen LogP contribution in [0.1, 0.15) is 44.2 Å². The molecule has 0 saturated heterocycles. The number of unbranched alkanes of at least 4 members (excludes halogenated alkanes) is 1. The van der Waals surface area contributed by atoms with Crippen molar-refractivity contribution >= 4 is 62.3 Å². The first kappa shape index (κ1) is 32.7. The van der Waals surface area contributed by atoms with Gasteiger partial charge in [-0.05, 0) is 79.4 Å². The van der Waals surface area contributed by atoms with E-state index in [1.807, 2.05) is 19.9 Å². The Hall–Kier alpha value is -2.78. The average Bonchev–Trinajstić information content (AvgIpc) is 2.93. The van der Waals surface area contributed by atoms with Crippen molar-refractivity contribution in [1.29, 1.82) is 0 Å². The number of sulfonamides is 1. The van der Waals surface area contributed by atoms with Crippen LogP contribution in [0.4, 0.5) is 5.69 Å². The lowest BCUT2D eigenvalue weighted by molar-refractivity contribution is -0.140. The van der Waals surface area contributed by atoms with Gasteiger partial charge in [-0.15, -0.1) is 0 Å². The number of benzene rings is 3. The van der Waals surface area contributed by atoms with Gasteiger partial charge in [0.25, 0.3) is 10.0 Å². The molecule has 0 aliphatic heterocycles. The van der Waals surface area contributed by atoms with Gasteiger partial charge in [0.05, 0.1) is 10.6 Å². The molecule has 41 heavy (non-hydrogen) atoms. The van der Waals surface area contributed by atoms with Gasteiger partial charge in [0.2, 0.25) is 11.8 Å². The molecular formula is C30H34Cl3N3O4S. The van der Waals surface area contributed by atoms with Gasteiger partial charge in [-0.2, -0.15) is 0 Å². The van der Waals surface area contributed by atoms with Gasteiger partial charge < -0.3 is 10.2 Å². The number of anilines is 1. The normalized spacial score (nSPS) is 12.0. The SMILES string of the molecule is CCCCNC(=O)[C@@H](CC)N(Cc1ccc(Cl)cc1Cl)C(=O)CN(c1cccc(C)c1)S(=O)(=O)c1ccc(Cl)cc1. The molecule has 3 rings (SSSR count). The lowest BCUT2D eigenvalue weighted by Gasteiger charge is -2.33. The smallest absolute Gasteiger partial charge is 0.264 e. The summed E-state index contributed by atoms with van der Waals surface area (Å²) in [6, 6.07) is 16.7. The molecule has 0 heterocycles. The predicted molar refractivity (Wildman–Crippen MR) is 166 cm³/mol. The van der Waals surface area contributed by atoms with Crippen LogP contribution < -0.4 is 9.62 Å². The molecule has 7 nitrogen and oxygen atoms in total. The minimum absolute atomic E-state index is 0.0167. The number of carbonyl (C=O) groups excluding carboxylic acids is 2. The van der Waals surface area contributed by atoms with Gasteiger partial charge in [-0.25, -0.2) is 8.42 Å². The van der Waals surface area contributed by atoms with Crippen molar-refractivity contribution in [2.75, 3.05) is 17.4 Å². The average molecular weight is 639 g/mol. The second kappa shape index (κ2) is 14.9. The fourth-order valence-corrected chi connectivity index (χ4v) is 6.30. The number of nitrogens with one attached hydrogen (secondary N) is 1. The van der Waals surface area contributed by atoms with Crippen molar-refractivity contribution in [1.82, 2.24) is 10.2 Å². The molecule has 0 fully saturated rings. The number of aryl methyl sites for hydroxylation is 1. The van der Waals surface area contributed by atoms with Crippen LogP contribution in [0.3, 0.4) is 0 Å². The monoisotopic (exact) mass is 637 g/mol. The summed E-state index contributed by atoms with van der Waals surface area (Å²) < 4.78 is 28.9. The zero-order chi connectivity index (χ0) is 30.2. The summed E-state index contributed by atoms with van der Waals surface area (Å²) in [6.45, 7) is 5.56. The van der Waals surface area contributed by atoms with E-state index in [0.29, 0.717) is 39.3 Å². The second-order valence-electron chi connectivity index (χ2n) is 9.63. The zero-order valence-electron chi connectivity index (χ0n) is 23.2. The summed E-state index contributed by atoms with van der Waals surface area (Å²) in [4.78, 5) is 28.7. The van der Waals surface area contributed by atoms with E-state index in [2.05, 4.69) is 5.32 Å². The Labute approximate surface area is 257 Å². The highest BCUT2D eigenvalue weighted by atomic mass is 35.5. The first-order valence-electron chi connectivity index (χ1n) is 13.3. The quantitative estimate of drug-likeness (QED) is 0.207. The Morgan fingerprint density at radius 3 is 2.22 bits per heavy atom. The van der Waals surface area contributed by atoms with E-state index in [9.17, 15) is 18.0 Å². The Kier molecular flexibility index (Phi) is 11.9. The highest BCUT2D eigenvalue weighted by Gasteiger charge is 2.34. The molecule has 11 heteroatoms. The molecule has 0 radical (unpaired) electrons. The molecule has 1 N–H and O–H groups in total. The number of halogens is 3. The van der Waals surface area contributed by atoms with Crippen LogP contribution in [0.25, 0.3) is 0 Å². The number of amides is 2. The van der Waals surface area contributed by atoms with Gasteiger partial charge in [0.1, 0.15) is 12.6 Å². The van der Waals surface area contributed by atoms with E-state index in [-0.39, 0.29) is 17.3 Å². The second-order valence-corrected chi connectivity index (χ2v) is 12.8. The molecule has 3 aromatic carbocycles. The molecule has 3 aromatic rings. The lowest BCUT2D eigenvalue weighted by atomic mass is 10.1. The Morgan fingerprint density at radius 2 is 1.61 bits per heavy atom. The van der Waals surface area contributed by atoms with Crippen LogP contribution in [-0.2, 0) is 26.2 Å². The van der Waals surface area contributed by atoms with Gasteiger partial charge in [-0.1, -0.05) is 73.3 Å². The fraction of sp³-hybridized carbons (Fsp3) is 0.333. The number of carbonyl (C=O) groups is 2. The van der Waals surface area contributed by atoms with Gasteiger partial charge in [-0.3, -0.25) is 13.9 Å². The Balaban J connectivity index is 2.06. The number of nitrogens with zero attached hydrogens (tertiary/aromatic N) is 2. The van der Waals surface area contributed by atoms with Crippen LogP contribution in [0, 0.1) is 6.92 Å². The molecule has 2 amide bonds. The Bertz CT molecular complexity index is 1470. The molecule has 0 spiro atoms. The van der Waals surface area contributed by atoms with E-state index in [4.69, 9.17) is 34.8 Å². The summed E-state index contributed by atoms with van der Waals surface area (Å²) >= 11 is 18.5. The summed E-state index contributed by atoms with van der Waals surface area (Å²) in [7, 11) is -4.19. The van der Waals surface area contributed by atoms with E-state index < -0.39 is 28.5 Å². The van der Waals surface area contributed by atoms with Crippen LogP contribution in [0.2, 0.25) is 15.1 Å². The first-order valence-corrected chi connectivity index (χ1v) is 15.9. The first-order chi connectivity index (χ1) is 19.5. The van der Waals surface area contributed by atoms with Gasteiger partial charge in [0, 0.05) is 28.2 Å². The molecule has 0 saturated carbocycles. The van der Waals surface area contributed by atoms with E-state index >= 15 is 0 Å². The van der Waals surface area contributed by atoms with Crippen molar-refractivity contribution in [3.8, 4) is 0 Å². The number of hydrogen-bond acceptors (Lipinski definition) is 4. The van der Waals surface area contributed by atoms with E-state index in [1.165, 1.54) is 29.2 Å². The highest BCUT2D eigenvalue weighted by Crippen LogP contribution is 2.28. The maximum Gasteiger partial charge on any atom is 0.264 e. The Morgan fingerprint density at radius 1 is 0.927 bits per heavy atom. The van der Waals surface area contributed by atoms with Crippen molar-refractivity contribution in [3.05, 3.63) is 92.9 Å². The maximum absolute atomic E-state index is 14.1. The minimum atomic E-state index is -4.19. The van der Waals surface area contributed by atoms with E-state index in [0.717, 1.165) is 22.7 Å². The minimum Gasteiger partial charge on any atom is -0.354 e. The standard InChI is InChI=1S/C30H34Cl3N3O4S/c1-4-6-16-34-30(38)28(5-2)35(19-22-10-11-24(32)18-27(22)33)29(37)20-36(25-9-7-8-21(3)17-25)41(39,40)26-14-12-23(31)13-15-26/h7-15,17-18,28H,4-6,16,19-20H2,1-3H3,(H,34,38)/t28-/m1/s1. The van der Waals surface area contributed by atoms with Crippen LogP contribution in [0.5, 0.6) is 0 Å². The summed E-state index contributed by atoms with van der Waals surface area (Å²) in [5.41, 5.74) is 1.71. The summed E-state index contributed by atoms with van der Waals surface area (Å²) in [5, 5.41) is 4.05. The topological polar surface area (TPSA) is 86.8 Å². The van der Waals surface area contributed by atoms with Crippen molar-refractivity contribution in [2.45, 2.75) is 57.5 Å². The largest absolute Gasteiger partial charge is 0.354 e. The molecule has 1 atom stereocenters. The zero-order valence-corrected chi connectivity index (χ0v) is 26.3. The maximum atomic E-state index is 14.1. The van der Waals surface area contributed by atoms with Crippen molar-refractivity contribution < 1.29 is 18.0 Å². The van der Waals surface area contributed by atoms with Crippen LogP contribution >= 0.6 is 34.8 Å². The third kappa shape index (κ3) is 8.61. The molecule has 0 aliphatic rings. The third-order valence-corrected chi connectivity index (χ3v) is 9.17. The lowest BCUT2D eigenvalue weighted by Crippen LogP contribution is -2.52. The molecular weight excluding hydrogens is 605 g/mol. The number of rotatable bonds is 13. The molecule has 0 aliphatic carbocycles. The van der Waals surface area contributed by atoms with Crippen LogP contribution in [-0.4, -0.2) is 44.3 Å². The molecule has 220 valence electrons. The molecule has 0 aromatic heterocycles. The van der Waals surface area contributed by atoms with Crippen LogP contribution in [0.15, 0.2) is 71.6 Å².